The van der Waals surface area contributed by atoms with E-state index in [1.807, 2.05) is 72.8 Å². The van der Waals surface area contributed by atoms with Crippen LogP contribution in [0.1, 0.15) is 54.8 Å². The second kappa shape index (κ2) is 11.5. The molecule has 0 saturated carbocycles. The largest absolute Gasteiger partial charge is 0.508 e. The molecule has 1 aromatic heterocycles. The van der Waals surface area contributed by atoms with Gasteiger partial charge < -0.3 is 9.84 Å². The fraction of sp³-hybridized carbons (Fsp3) is 0.133. The number of hydrogen-bond donors (Lipinski definition) is 1. The van der Waals surface area contributed by atoms with Crippen LogP contribution in [0.25, 0.3) is 50.8 Å². The lowest BCUT2D eigenvalue weighted by molar-refractivity contribution is 0.152. The van der Waals surface area contributed by atoms with E-state index < -0.39 is 5.60 Å². The third-order valence-corrected chi connectivity index (χ3v) is 10.7. The van der Waals surface area contributed by atoms with E-state index in [9.17, 15) is 5.11 Å². The van der Waals surface area contributed by atoms with E-state index in [1.54, 1.807) is 12.1 Å². The van der Waals surface area contributed by atoms with Crippen LogP contribution in [0.4, 0.5) is 0 Å². The third kappa shape index (κ3) is 4.36. The van der Waals surface area contributed by atoms with Crippen LogP contribution < -0.4 is 4.74 Å². The van der Waals surface area contributed by atoms with E-state index in [0.717, 1.165) is 51.6 Å². The van der Waals surface area contributed by atoms with Crippen molar-refractivity contribution in [1.82, 2.24) is 15.0 Å². The molecule has 0 amide bonds. The predicted octanol–water partition coefficient (Wildman–Crippen LogP) is 10.5. The van der Waals surface area contributed by atoms with Gasteiger partial charge >= 0.3 is 0 Å². The molecular formula is C45H35N3O2. The molecule has 1 atom stereocenters. The number of phenols is 1. The van der Waals surface area contributed by atoms with Gasteiger partial charge in [-0.1, -0.05) is 141 Å². The number of nitrogens with zero attached hydrogens (tertiary/aromatic N) is 3. The summed E-state index contributed by atoms with van der Waals surface area (Å²) in [7, 11) is 0. The number of aromatic hydroxyl groups is 1. The number of aromatic nitrogens is 3. The number of phenolic OH excluding ortho intramolecular Hbond substituents is 1. The fourth-order valence-corrected chi connectivity index (χ4v) is 8.19. The number of rotatable bonds is 6. The highest BCUT2D eigenvalue weighted by Crippen LogP contribution is 2.60. The Labute approximate surface area is 291 Å². The third-order valence-electron chi connectivity index (χ3n) is 10.7. The highest BCUT2D eigenvalue weighted by Gasteiger charge is 2.47. The standard InChI is InChI=1S/C45H35N3O2/c1-3-44(4-2)37-22-14-13-21-35(37)38-33-19-11-12-20-34(33)40-36(39(38)44)27-28-45(50-40,31-23-25-32(49)26-24-31)43-47-41(29-15-7-5-8-16-29)46-42(48-43)30-17-9-6-10-18-30/h5-28,49H,3-4H2,1-2H3. The van der Waals surface area contributed by atoms with Crippen LogP contribution in [0.2, 0.25) is 0 Å². The van der Waals surface area contributed by atoms with Crippen LogP contribution in [0.3, 0.4) is 0 Å². The van der Waals surface area contributed by atoms with E-state index in [1.165, 1.54) is 22.3 Å². The van der Waals surface area contributed by atoms with Gasteiger partial charge in [-0.05, 0) is 58.7 Å². The lowest BCUT2D eigenvalue weighted by atomic mass is 9.71. The van der Waals surface area contributed by atoms with Crippen LogP contribution in [0.5, 0.6) is 11.5 Å². The average molecular weight is 650 g/mol. The summed E-state index contributed by atoms with van der Waals surface area (Å²) in [6.45, 7) is 4.60. The Kier molecular flexibility index (Phi) is 6.92. The van der Waals surface area contributed by atoms with Gasteiger partial charge in [-0.3, -0.25) is 0 Å². The first-order valence-electron chi connectivity index (χ1n) is 17.3. The Balaban J connectivity index is 1.36. The highest BCUT2D eigenvalue weighted by molar-refractivity contribution is 6.08. The van der Waals surface area contributed by atoms with Crippen molar-refractivity contribution in [3.05, 3.63) is 168 Å². The van der Waals surface area contributed by atoms with Crippen molar-refractivity contribution in [3.63, 3.8) is 0 Å². The summed E-state index contributed by atoms with van der Waals surface area (Å²) in [6.07, 6.45) is 6.26. The second-order valence-corrected chi connectivity index (χ2v) is 13.1. The maximum atomic E-state index is 10.4. The Hall–Kier alpha value is -6.07. The molecule has 242 valence electrons. The molecule has 0 saturated heterocycles. The quantitative estimate of drug-likeness (QED) is 0.194. The van der Waals surface area contributed by atoms with Gasteiger partial charge in [0, 0.05) is 33.1 Å². The van der Waals surface area contributed by atoms with E-state index in [2.05, 4.69) is 74.5 Å². The van der Waals surface area contributed by atoms with Crippen LogP contribution in [-0.2, 0) is 11.0 Å². The molecule has 2 heterocycles. The summed E-state index contributed by atoms with van der Waals surface area (Å²) < 4.78 is 7.51. The van der Waals surface area contributed by atoms with E-state index in [0.29, 0.717) is 17.5 Å². The molecule has 0 bridgehead atoms. The van der Waals surface area contributed by atoms with Crippen molar-refractivity contribution in [1.29, 1.82) is 0 Å². The van der Waals surface area contributed by atoms with E-state index in [4.69, 9.17) is 19.7 Å². The molecule has 50 heavy (non-hydrogen) atoms. The minimum atomic E-state index is -1.24. The molecule has 1 aliphatic heterocycles. The average Bonchev–Trinajstić information content (AvgIpc) is 3.49. The molecule has 1 aliphatic carbocycles. The lowest BCUT2D eigenvalue weighted by Gasteiger charge is -2.38. The fourth-order valence-electron chi connectivity index (χ4n) is 8.19. The SMILES string of the molecule is CCC1(CC)c2ccccc2-c2c1c1c(c3ccccc23)OC(c2ccc(O)cc2)(c2nc(-c3ccccc3)nc(-c3ccccc3)n2)C=C1. The maximum absolute atomic E-state index is 10.4. The predicted molar refractivity (Wildman–Crippen MR) is 200 cm³/mol. The zero-order valence-electron chi connectivity index (χ0n) is 28.0. The molecule has 1 unspecified atom stereocenters. The zero-order valence-corrected chi connectivity index (χ0v) is 28.0. The van der Waals surface area contributed by atoms with Gasteiger partial charge in [0.05, 0.1) is 0 Å². The van der Waals surface area contributed by atoms with Crippen molar-refractivity contribution >= 4 is 16.8 Å². The minimum absolute atomic E-state index is 0.166. The highest BCUT2D eigenvalue weighted by atomic mass is 16.5. The number of benzene rings is 6. The van der Waals surface area contributed by atoms with Gasteiger partial charge in [-0.15, -0.1) is 0 Å². The summed E-state index contributed by atoms with van der Waals surface area (Å²) in [5.41, 5.74) is 7.53. The smallest absolute Gasteiger partial charge is 0.212 e. The van der Waals surface area contributed by atoms with E-state index >= 15 is 0 Å². The first kappa shape index (κ1) is 30.0. The Morgan fingerprint density at radius 2 is 1.20 bits per heavy atom. The summed E-state index contributed by atoms with van der Waals surface area (Å²) in [6, 6.07) is 44.6. The summed E-state index contributed by atoms with van der Waals surface area (Å²) in [5.74, 6) is 2.55. The van der Waals surface area contributed by atoms with Crippen molar-refractivity contribution in [3.8, 4) is 45.4 Å². The van der Waals surface area contributed by atoms with Gasteiger partial charge in [0.2, 0.25) is 5.60 Å². The molecule has 5 nitrogen and oxygen atoms in total. The molecule has 1 N–H and O–H groups in total. The van der Waals surface area contributed by atoms with Crippen molar-refractivity contribution < 1.29 is 9.84 Å². The Morgan fingerprint density at radius 1 is 0.620 bits per heavy atom. The normalized spacial score (nSPS) is 16.8. The molecule has 5 heteroatoms. The van der Waals surface area contributed by atoms with Crippen molar-refractivity contribution in [2.24, 2.45) is 0 Å². The molecule has 7 aromatic rings. The first-order valence-corrected chi connectivity index (χ1v) is 17.3. The molecular weight excluding hydrogens is 615 g/mol. The van der Waals surface area contributed by atoms with Crippen molar-refractivity contribution in [2.75, 3.05) is 0 Å². The van der Waals surface area contributed by atoms with Gasteiger partial charge in [-0.2, -0.15) is 0 Å². The topological polar surface area (TPSA) is 68.1 Å². The van der Waals surface area contributed by atoms with Crippen LogP contribution in [0.15, 0.2) is 140 Å². The lowest BCUT2D eigenvalue weighted by Crippen LogP contribution is -2.37. The second-order valence-electron chi connectivity index (χ2n) is 13.1. The van der Waals surface area contributed by atoms with E-state index in [-0.39, 0.29) is 11.2 Å². The van der Waals surface area contributed by atoms with Gasteiger partial charge in [0.1, 0.15) is 11.5 Å². The van der Waals surface area contributed by atoms with Gasteiger partial charge in [0.25, 0.3) is 0 Å². The zero-order chi connectivity index (χ0) is 33.9. The monoisotopic (exact) mass is 649 g/mol. The molecule has 0 spiro atoms. The Morgan fingerprint density at radius 3 is 1.84 bits per heavy atom. The number of ether oxygens (including phenoxy) is 1. The summed E-state index contributed by atoms with van der Waals surface area (Å²) >= 11 is 0. The van der Waals surface area contributed by atoms with Crippen LogP contribution in [-0.4, -0.2) is 20.1 Å². The molecule has 6 aromatic carbocycles. The number of fused-ring (bicyclic) bond motifs is 8. The molecule has 9 rings (SSSR count). The van der Waals surface area contributed by atoms with Gasteiger partial charge in [0.15, 0.2) is 17.5 Å². The van der Waals surface area contributed by atoms with Crippen molar-refractivity contribution in [2.45, 2.75) is 37.7 Å². The van der Waals surface area contributed by atoms with Crippen LogP contribution in [0, 0.1) is 0 Å². The summed E-state index contributed by atoms with van der Waals surface area (Å²) in [5, 5.41) is 12.6. The van der Waals surface area contributed by atoms with Crippen LogP contribution >= 0.6 is 0 Å². The maximum Gasteiger partial charge on any atom is 0.212 e. The summed E-state index contributed by atoms with van der Waals surface area (Å²) in [4.78, 5) is 15.3. The minimum Gasteiger partial charge on any atom is -0.508 e. The first-order chi connectivity index (χ1) is 24.6. The molecule has 2 aliphatic rings. The molecule has 0 radical (unpaired) electrons. The van der Waals surface area contributed by atoms with Gasteiger partial charge in [-0.25, -0.2) is 15.0 Å². The number of hydrogen-bond acceptors (Lipinski definition) is 5. The Bertz CT molecular complexity index is 2380. The molecule has 0 fully saturated rings.